The lowest BCUT2D eigenvalue weighted by Crippen LogP contribution is -2.57. The zero-order valence-corrected chi connectivity index (χ0v) is 16.3. The molecule has 29 heavy (non-hydrogen) atoms. The van der Waals surface area contributed by atoms with E-state index in [1.807, 2.05) is 0 Å². The van der Waals surface area contributed by atoms with Gasteiger partial charge in [0.15, 0.2) is 11.7 Å². The van der Waals surface area contributed by atoms with Gasteiger partial charge in [-0.25, -0.2) is 4.79 Å². The molecule has 2 heterocycles. The van der Waals surface area contributed by atoms with Gasteiger partial charge in [0.1, 0.15) is 6.61 Å². The van der Waals surface area contributed by atoms with Crippen molar-refractivity contribution in [2.75, 3.05) is 19.3 Å². The maximum atomic E-state index is 13.1. The van der Waals surface area contributed by atoms with Crippen LogP contribution in [-0.2, 0) is 28.4 Å². The van der Waals surface area contributed by atoms with Crippen LogP contribution in [0.1, 0.15) is 13.3 Å². The summed E-state index contributed by atoms with van der Waals surface area (Å²) in [4.78, 5) is 56.0. The van der Waals surface area contributed by atoms with E-state index in [0.717, 1.165) is 0 Å². The number of amides is 2. The van der Waals surface area contributed by atoms with Gasteiger partial charge in [0, 0.05) is 12.1 Å². The zero-order chi connectivity index (χ0) is 22.0. The Bertz CT molecular complexity index is 910. The summed E-state index contributed by atoms with van der Waals surface area (Å²) in [6.07, 6.45) is 0.240. The highest BCUT2D eigenvalue weighted by atomic mass is 31.2. The van der Waals surface area contributed by atoms with Gasteiger partial charge in [0.05, 0.1) is 18.3 Å². The van der Waals surface area contributed by atoms with Crippen LogP contribution in [0.3, 0.4) is 0 Å². The van der Waals surface area contributed by atoms with Crippen LogP contribution >= 0.6 is 7.60 Å². The molecule has 11 nitrogen and oxygen atoms in total. The molecule has 0 spiro atoms. The average molecular weight is 423 g/mol. The van der Waals surface area contributed by atoms with Crippen molar-refractivity contribution in [1.29, 1.82) is 10.5 Å². The molecule has 2 N–H and O–H groups in total. The number of rotatable bonds is 7. The number of esters is 1. The largest absolute Gasteiger partial charge is 0.459 e. The van der Waals surface area contributed by atoms with Crippen molar-refractivity contribution in [1.82, 2.24) is 4.90 Å². The van der Waals surface area contributed by atoms with E-state index >= 15 is 0 Å². The van der Waals surface area contributed by atoms with Crippen LogP contribution < -0.4 is 0 Å². The van der Waals surface area contributed by atoms with Crippen LogP contribution in [0.4, 0.5) is 0 Å². The molecule has 2 aliphatic heterocycles. The molecule has 2 aliphatic rings. The van der Waals surface area contributed by atoms with Gasteiger partial charge in [-0.15, -0.1) is 0 Å². The average Bonchev–Trinajstić information content (AvgIpc) is 3.06. The lowest BCUT2D eigenvalue weighted by Gasteiger charge is -2.35. The minimum atomic E-state index is -4.38. The van der Waals surface area contributed by atoms with Crippen molar-refractivity contribution in [2.45, 2.75) is 25.0 Å². The minimum Gasteiger partial charge on any atom is -0.459 e. The van der Waals surface area contributed by atoms with Crippen molar-refractivity contribution in [2.24, 2.45) is 5.41 Å². The molecule has 2 rings (SSSR count). The lowest BCUT2D eigenvalue weighted by atomic mass is 9.72. The third-order valence-corrected chi connectivity index (χ3v) is 5.42. The first kappa shape index (κ1) is 22.5. The van der Waals surface area contributed by atoms with E-state index in [1.54, 1.807) is 12.1 Å². The van der Waals surface area contributed by atoms with Gasteiger partial charge in [-0.3, -0.25) is 19.1 Å². The predicted molar refractivity (Wildman–Crippen MR) is 94.4 cm³/mol. The molecule has 0 radical (unpaired) electrons. The van der Waals surface area contributed by atoms with Crippen molar-refractivity contribution >= 4 is 25.4 Å². The summed E-state index contributed by atoms with van der Waals surface area (Å²) in [6, 6.07) is 3.17. The second-order valence-corrected chi connectivity index (χ2v) is 8.43. The summed E-state index contributed by atoms with van der Waals surface area (Å²) in [5, 5.41) is 19.5. The molecule has 0 aromatic heterocycles. The molecule has 1 saturated heterocycles. The smallest absolute Gasteiger partial charge is 0.333 e. The second-order valence-electron chi connectivity index (χ2n) is 6.65. The lowest BCUT2D eigenvalue weighted by molar-refractivity contribution is -0.158. The highest BCUT2D eigenvalue weighted by Gasteiger charge is 2.66. The van der Waals surface area contributed by atoms with Crippen LogP contribution in [0.25, 0.3) is 0 Å². The van der Waals surface area contributed by atoms with E-state index in [-0.39, 0.29) is 12.0 Å². The maximum Gasteiger partial charge on any atom is 0.333 e. The third-order valence-electron chi connectivity index (χ3n) is 4.52. The molecule has 154 valence electrons. The fourth-order valence-corrected chi connectivity index (χ4v) is 3.53. The Labute approximate surface area is 165 Å². The number of fused-ring (bicyclic) bond motifs is 2. The fraction of sp³-hybridized carbons (Fsp3) is 0.471. The summed E-state index contributed by atoms with van der Waals surface area (Å²) in [5.41, 5.74) is -4.56. The van der Waals surface area contributed by atoms with Crippen LogP contribution in [0.15, 0.2) is 24.3 Å². The standard InChI is InChI=1S/C17H18N3O8P/c1-11(2)14(22)27-10-17-5-4-12(28-17)13(21)20(6-3-7-29(24,25)26)15(23)16(17,8-18)9-19/h4-5,12H,1,3,6-7,10H2,2H3,(H2,24,25,26). The first-order chi connectivity index (χ1) is 13.4. The van der Waals surface area contributed by atoms with Gasteiger partial charge >= 0.3 is 13.6 Å². The van der Waals surface area contributed by atoms with E-state index in [1.165, 1.54) is 19.1 Å². The summed E-state index contributed by atoms with van der Waals surface area (Å²) < 4.78 is 21.6. The number of carbonyl (C=O) groups excluding carboxylic acids is 3. The summed E-state index contributed by atoms with van der Waals surface area (Å²) in [7, 11) is -4.38. The van der Waals surface area contributed by atoms with Crippen molar-refractivity contribution < 1.29 is 38.2 Å². The molecule has 0 aromatic rings. The van der Waals surface area contributed by atoms with Gasteiger partial charge in [-0.05, 0) is 25.5 Å². The van der Waals surface area contributed by atoms with Crippen molar-refractivity contribution in [3.05, 3.63) is 24.3 Å². The molecular weight excluding hydrogens is 405 g/mol. The maximum absolute atomic E-state index is 13.1. The number of nitriles is 2. The van der Waals surface area contributed by atoms with E-state index in [9.17, 15) is 29.5 Å². The Balaban J connectivity index is 2.42. The SMILES string of the molecule is C=C(C)C(=O)OCC12C=CC(O1)C(=O)N(CCCP(=O)(O)O)C(=O)C2(C#N)C#N. The molecule has 2 unspecified atom stereocenters. The number of hydrogen-bond donors (Lipinski definition) is 2. The monoisotopic (exact) mass is 423 g/mol. The molecule has 2 bridgehead atoms. The summed E-state index contributed by atoms with van der Waals surface area (Å²) >= 11 is 0. The molecule has 0 saturated carbocycles. The predicted octanol–water partition coefficient (Wildman–Crippen LogP) is -0.230. The highest BCUT2D eigenvalue weighted by molar-refractivity contribution is 7.51. The normalized spacial score (nSPS) is 25.1. The van der Waals surface area contributed by atoms with Crippen LogP contribution in [0.2, 0.25) is 0 Å². The Hall–Kier alpha value is -2.82. The molecule has 12 heteroatoms. The Kier molecular flexibility index (Phi) is 6.12. The van der Waals surface area contributed by atoms with Crippen LogP contribution in [0.5, 0.6) is 0 Å². The summed E-state index contributed by atoms with van der Waals surface area (Å²) in [6.45, 7) is 3.66. The first-order valence-electron chi connectivity index (χ1n) is 8.36. The molecular formula is C17H18N3O8P. The number of nitrogens with zero attached hydrogens (tertiary/aromatic N) is 3. The van der Waals surface area contributed by atoms with E-state index < -0.39 is 61.8 Å². The van der Waals surface area contributed by atoms with E-state index in [0.29, 0.717) is 4.90 Å². The molecule has 2 atom stereocenters. The number of ether oxygens (including phenoxy) is 2. The molecule has 0 aliphatic carbocycles. The molecule has 1 fully saturated rings. The second kappa shape index (κ2) is 7.90. The van der Waals surface area contributed by atoms with Gasteiger partial charge in [-0.2, -0.15) is 10.5 Å². The topological polar surface area (TPSA) is 178 Å². The Morgan fingerprint density at radius 3 is 2.55 bits per heavy atom. The first-order valence-corrected chi connectivity index (χ1v) is 10.2. The fourth-order valence-electron chi connectivity index (χ4n) is 2.97. The van der Waals surface area contributed by atoms with Crippen molar-refractivity contribution in [3.63, 3.8) is 0 Å². The summed E-state index contributed by atoms with van der Waals surface area (Å²) in [5.74, 6) is -2.94. The Morgan fingerprint density at radius 2 is 2.03 bits per heavy atom. The minimum absolute atomic E-state index is 0.0366. The van der Waals surface area contributed by atoms with E-state index in [2.05, 4.69) is 6.58 Å². The molecule has 2 amide bonds. The third kappa shape index (κ3) is 4.00. The van der Waals surface area contributed by atoms with Crippen LogP contribution in [-0.4, -0.2) is 63.5 Å². The Morgan fingerprint density at radius 1 is 1.41 bits per heavy atom. The van der Waals surface area contributed by atoms with Gasteiger partial charge in [0.25, 0.3) is 17.2 Å². The number of hydrogen-bond acceptors (Lipinski definition) is 8. The van der Waals surface area contributed by atoms with Crippen LogP contribution in [0, 0.1) is 28.1 Å². The van der Waals surface area contributed by atoms with E-state index in [4.69, 9.17) is 19.3 Å². The quantitative estimate of drug-likeness (QED) is 0.183. The van der Waals surface area contributed by atoms with Crippen molar-refractivity contribution in [3.8, 4) is 12.1 Å². The molecule has 0 aromatic carbocycles. The number of imide groups is 1. The van der Waals surface area contributed by atoms with Gasteiger partial charge in [0.2, 0.25) is 0 Å². The van der Waals surface area contributed by atoms with Gasteiger partial charge in [-0.1, -0.05) is 6.58 Å². The number of carbonyl (C=O) groups is 3. The highest BCUT2D eigenvalue weighted by Crippen LogP contribution is 2.45. The van der Waals surface area contributed by atoms with Gasteiger partial charge < -0.3 is 19.3 Å². The zero-order valence-electron chi connectivity index (χ0n) is 15.4.